The van der Waals surface area contributed by atoms with E-state index in [1.54, 1.807) is 13.2 Å². The van der Waals surface area contributed by atoms with Gasteiger partial charge in [-0.3, -0.25) is 4.57 Å². The molecule has 5 nitrogen and oxygen atoms in total. The Morgan fingerprint density at radius 2 is 2.06 bits per heavy atom. The number of pyridine rings is 1. The molecule has 0 spiro atoms. The van der Waals surface area contributed by atoms with Crippen molar-refractivity contribution in [3.8, 4) is 5.88 Å². The number of aromatic nitrogens is 3. The second kappa shape index (κ2) is 4.84. The molecule has 2 rings (SSSR count). The summed E-state index contributed by atoms with van der Waals surface area (Å²) in [5, 5.41) is 0. The van der Waals surface area contributed by atoms with Gasteiger partial charge in [-0.1, -0.05) is 20.3 Å². The highest BCUT2D eigenvalue weighted by molar-refractivity contribution is 5.75. The van der Waals surface area contributed by atoms with Crippen molar-refractivity contribution in [1.82, 2.24) is 14.5 Å². The van der Waals surface area contributed by atoms with Gasteiger partial charge in [0.2, 0.25) is 11.8 Å². The first-order valence-electron chi connectivity index (χ1n) is 6.26. The van der Waals surface area contributed by atoms with E-state index < -0.39 is 0 Å². The molecule has 5 heteroatoms. The van der Waals surface area contributed by atoms with Crippen LogP contribution in [0.2, 0.25) is 0 Å². The predicted molar refractivity (Wildman–Crippen MR) is 72.7 cm³/mol. The number of ether oxygens (including phenoxy) is 1. The van der Waals surface area contributed by atoms with E-state index in [0.29, 0.717) is 17.7 Å². The number of methoxy groups -OCH3 is 1. The zero-order valence-electron chi connectivity index (χ0n) is 11.3. The molecular weight excluding hydrogens is 228 g/mol. The van der Waals surface area contributed by atoms with Crippen molar-refractivity contribution >= 4 is 17.1 Å². The Morgan fingerprint density at radius 1 is 1.33 bits per heavy atom. The quantitative estimate of drug-likeness (QED) is 0.903. The van der Waals surface area contributed by atoms with Crippen molar-refractivity contribution in [1.29, 1.82) is 0 Å². The zero-order valence-corrected chi connectivity index (χ0v) is 11.3. The molecule has 2 heterocycles. The molecule has 98 valence electrons. The topological polar surface area (TPSA) is 66.0 Å². The molecule has 0 amide bonds. The van der Waals surface area contributed by atoms with Crippen LogP contribution in [0.1, 0.15) is 33.2 Å². The van der Waals surface area contributed by atoms with Gasteiger partial charge in [0.15, 0.2) is 5.65 Å². The third-order valence-electron chi connectivity index (χ3n) is 3.62. The minimum Gasteiger partial charge on any atom is -0.481 e. The van der Waals surface area contributed by atoms with Gasteiger partial charge in [-0.15, -0.1) is 0 Å². The second-order valence-corrected chi connectivity index (χ2v) is 4.66. The number of anilines is 1. The zero-order chi connectivity index (χ0) is 13.3. The third-order valence-corrected chi connectivity index (χ3v) is 3.62. The first kappa shape index (κ1) is 12.7. The smallest absolute Gasteiger partial charge is 0.215 e. The lowest BCUT2D eigenvalue weighted by Gasteiger charge is -2.21. The summed E-state index contributed by atoms with van der Waals surface area (Å²) in [5.41, 5.74) is 7.61. The van der Waals surface area contributed by atoms with Gasteiger partial charge in [-0.2, -0.15) is 4.98 Å². The summed E-state index contributed by atoms with van der Waals surface area (Å²) in [7, 11) is 1.61. The summed E-state index contributed by atoms with van der Waals surface area (Å²) in [6.07, 6.45) is 1.09. The van der Waals surface area contributed by atoms with Crippen LogP contribution in [0.25, 0.3) is 11.2 Å². The van der Waals surface area contributed by atoms with Gasteiger partial charge >= 0.3 is 0 Å². The number of nitrogen functional groups attached to an aromatic ring is 1. The van der Waals surface area contributed by atoms with Gasteiger partial charge in [0.25, 0.3) is 0 Å². The van der Waals surface area contributed by atoms with Crippen LogP contribution in [-0.4, -0.2) is 21.6 Å². The van der Waals surface area contributed by atoms with E-state index >= 15 is 0 Å². The van der Waals surface area contributed by atoms with Crippen LogP contribution in [0, 0.1) is 5.92 Å². The first-order chi connectivity index (χ1) is 8.58. The number of rotatable bonds is 4. The minimum atomic E-state index is 0.264. The van der Waals surface area contributed by atoms with Crippen LogP contribution < -0.4 is 10.5 Å². The molecular formula is C13H20N4O. The van der Waals surface area contributed by atoms with Crippen molar-refractivity contribution in [2.45, 2.75) is 33.2 Å². The van der Waals surface area contributed by atoms with Crippen LogP contribution in [-0.2, 0) is 0 Å². The Morgan fingerprint density at radius 3 is 2.67 bits per heavy atom. The van der Waals surface area contributed by atoms with Gasteiger partial charge in [0, 0.05) is 12.1 Å². The molecule has 0 saturated carbocycles. The highest BCUT2D eigenvalue weighted by Gasteiger charge is 2.19. The van der Waals surface area contributed by atoms with Crippen molar-refractivity contribution in [2.75, 3.05) is 12.8 Å². The molecule has 18 heavy (non-hydrogen) atoms. The molecule has 2 N–H and O–H groups in total. The molecule has 0 aliphatic carbocycles. The predicted octanol–water partition coefficient (Wildman–Crippen LogP) is 2.63. The van der Waals surface area contributed by atoms with Crippen LogP contribution in [0.3, 0.4) is 0 Å². The third kappa shape index (κ3) is 2.00. The Balaban J connectivity index is 2.57. The molecule has 0 saturated heterocycles. The van der Waals surface area contributed by atoms with Gasteiger partial charge < -0.3 is 10.5 Å². The molecule has 2 aromatic rings. The molecule has 2 aromatic heterocycles. The maximum Gasteiger partial charge on any atom is 0.215 e. The monoisotopic (exact) mass is 248 g/mol. The molecule has 2 unspecified atom stereocenters. The van der Waals surface area contributed by atoms with E-state index in [1.807, 2.05) is 10.6 Å². The van der Waals surface area contributed by atoms with E-state index in [-0.39, 0.29) is 6.04 Å². The van der Waals surface area contributed by atoms with Crippen molar-refractivity contribution in [3.63, 3.8) is 0 Å². The Labute approximate surface area is 107 Å². The molecule has 0 bridgehead atoms. The molecule has 0 radical (unpaired) electrons. The number of nitrogens with zero attached hydrogens (tertiary/aromatic N) is 3. The van der Waals surface area contributed by atoms with Crippen LogP contribution in [0.4, 0.5) is 5.95 Å². The summed E-state index contributed by atoms with van der Waals surface area (Å²) in [4.78, 5) is 8.80. The summed E-state index contributed by atoms with van der Waals surface area (Å²) in [6, 6.07) is 3.95. The van der Waals surface area contributed by atoms with Gasteiger partial charge in [0.1, 0.15) is 5.52 Å². The molecule has 0 fully saturated rings. The Bertz CT molecular complexity index is 549. The number of hydrogen-bond donors (Lipinski definition) is 1. The van der Waals surface area contributed by atoms with E-state index in [9.17, 15) is 0 Å². The van der Waals surface area contributed by atoms with Crippen LogP contribution in [0.15, 0.2) is 12.1 Å². The fraction of sp³-hybridized carbons (Fsp3) is 0.538. The van der Waals surface area contributed by atoms with Crippen LogP contribution >= 0.6 is 0 Å². The summed E-state index contributed by atoms with van der Waals surface area (Å²) in [5.74, 6) is 1.61. The highest BCUT2D eigenvalue weighted by Crippen LogP contribution is 2.28. The lowest BCUT2D eigenvalue weighted by Crippen LogP contribution is -2.16. The number of nitrogens with two attached hydrogens (primary N) is 1. The standard InChI is InChI=1S/C13H20N4O/c1-5-8(2)9(3)17-12-10(15-13(17)14)6-7-11(16-12)18-4/h6-9H,5H2,1-4H3,(H2,14,15). The average molecular weight is 248 g/mol. The van der Waals surface area contributed by atoms with Crippen LogP contribution in [0.5, 0.6) is 5.88 Å². The van der Waals surface area contributed by atoms with Gasteiger partial charge in [-0.25, -0.2) is 4.98 Å². The van der Waals surface area contributed by atoms with E-state index in [4.69, 9.17) is 10.5 Å². The van der Waals surface area contributed by atoms with Crippen molar-refractivity contribution in [3.05, 3.63) is 12.1 Å². The normalized spacial score (nSPS) is 14.7. The minimum absolute atomic E-state index is 0.264. The lowest BCUT2D eigenvalue weighted by molar-refractivity contribution is 0.375. The average Bonchev–Trinajstić information content (AvgIpc) is 2.71. The summed E-state index contributed by atoms with van der Waals surface area (Å²) >= 11 is 0. The van der Waals surface area contributed by atoms with Crippen molar-refractivity contribution in [2.24, 2.45) is 5.92 Å². The molecule has 0 aliphatic rings. The van der Waals surface area contributed by atoms with E-state index in [1.165, 1.54) is 0 Å². The maximum absolute atomic E-state index is 6.01. The summed E-state index contributed by atoms with van der Waals surface area (Å²) in [6.45, 7) is 6.52. The van der Waals surface area contributed by atoms with Crippen molar-refractivity contribution < 1.29 is 4.74 Å². The fourth-order valence-corrected chi connectivity index (χ4v) is 2.08. The lowest BCUT2D eigenvalue weighted by atomic mass is 10.0. The van der Waals surface area contributed by atoms with E-state index in [0.717, 1.165) is 17.6 Å². The Kier molecular flexibility index (Phi) is 3.41. The SMILES string of the molecule is CCC(C)C(C)n1c(N)nc2ccc(OC)nc21. The highest BCUT2D eigenvalue weighted by atomic mass is 16.5. The molecule has 0 aliphatic heterocycles. The fourth-order valence-electron chi connectivity index (χ4n) is 2.08. The number of fused-ring (bicyclic) bond motifs is 1. The number of hydrogen-bond acceptors (Lipinski definition) is 4. The van der Waals surface area contributed by atoms with E-state index in [2.05, 4.69) is 30.7 Å². The maximum atomic E-state index is 6.01. The number of imidazole rings is 1. The second-order valence-electron chi connectivity index (χ2n) is 4.66. The molecule has 0 aromatic carbocycles. The Hall–Kier alpha value is -1.78. The molecule has 2 atom stereocenters. The first-order valence-corrected chi connectivity index (χ1v) is 6.26. The van der Waals surface area contributed by atoms with Gasteiger partial charge in [-0.05, 0) is 18.9 Å². The summed E-state index contributed by atoms with van der Waals surface area (Å²) < 4.78 is 7.15. The largest absolute Gasteiger partial charge is 0.481 e. The van der Waals surface area contributed by atoms with Gasteiger partial charge in [0.05, 0.1) is 7.11 Å².